The van der Waals surface area contributed by atoms with Crippen LogP contribution in [-0.4, -0.2) is 0 Å². The molecule has 0 amide bonds. The zero-order valence-corrected chi connectivity index (χ0v) is 32.9. The number of hydrogen-bond donors (Lipinski definition) is 0. The van der Waals surface area contributed by atoms with Crippen molar-refractivity contribution in [2.24, 2.45) is 0 Å². The molecule has 2 heteroatoms. The van der Waals surface area contributed by atoms with Crippen molar-refractivity contribution in [2.75, 3.05) is 0 Å². The first kappa shape index (κ1) is 32.3. The van der Waals surface area contributed by atoms with E-state index in [0.717, 1.165) is 0 Å². The summed E-state index contributed by atoms with van der Waals surface area (Å²) in [6.45, 7) is 0. The maximum Gasteiger partial charge on any atom is 0.0362 e. The van der Waals surface area contributed by atoms with Gasteiger partial charge in [0.15, 0.2) is 0 Å². The van der Waals surface area contributed by atoms with Crippen LogP contribution in [0.3, 0.4) is 0 Å². The lowest BCUT2D eigenvalue weighted by atomic mass is 9.85. The zero-order valence-electron chi connectivity index (χ0n) is 31.3. The van der Waals surface area contributed by atoms with Gasteiger partial charge in [-0.05, 0) is 142 Å². The largest absolute Gasteiger partial charge is 0.135 e. The second-order valence-electron chi connectivity index (χ2n) is 15.6. The number of hydrogen-bond acceptors (Lipinski definition) is 2. The molecular weight excluding hydrogens is 737 g/mol. The molecule has 0 bridgehead atoms. The van der Waals surface area contributed by atoms with Crippen molar-refractivity contribution >= 4 is 117 Å². The average molecular weight is 769 g/mol. The average Bonchev–Trinajstić information content (AvgIpc) is 3.84. The fraction of sp³-hybridized carbons (Fsp3) is 0. The molecule has 13 aromatic rings. The maximum absolute atomic E-state index is 2.44. The monoisotopic (exact) mass is 768 g/mol. The minimum Gasteiger partial charge on any atom is -0.135 e. The molecule has 268 valence electrons. The molecule has 0 unspecified atom stereocenters. The van der Waals surface area contributed by atoms with Gasteiger partial charge in [0.05, 0.1) is 0 Å². The molecular formula is C56H32S2. The maximum atomic E-state index is 2.44. The van der Waals surface area contributed by atoms with Gasteiger partial charge in [-0.1, -0.05) is 140 Å². The Kier molecular flexibility index (Phi) is 6.86. The molecule has 0 radical (unpaired) electrons. The van der Waals surface area contributed by atoms with Crippen LogP contribution in [0.5, 0.6) is 0 Å². The van der Waals surface area contributed by atoms with Gasteiger partial charge >= 0.3 is 0 Å². The molecule has 0 aliphatic rings. The molecule has 0 nitrogen and oxygen atoms in total. The normalized spacial score (nSPS) is 12.1. The fourth-order valence-corrected chi connectivity index (χ4v) is 11.9. The minimum atomic E-state index is 1.24. The number of fused-ring (bicyclic) bond motifs is 12. The molecule has 0 aliphatic carbocycles. The van der Waals surface area contributed by atoms with Gasteiger partial charge in [-0.15, -0.1) is 22.7 Å². The Morgan fingerprint density at radius 3 is 1.38 bits per heavy atom. The Morgan fingerprint density at radius 1 is 0.224 bits per heavy atom. The van der Waals surface area contributed by atoms with Gasteiger partial charge in [0.25, 0.3) is 0 Å². The summed E-state index contributed by atoms with van der Waals surface area (Å²) in [6.07, 6.45) is 0. The van der Waals surface area contributed by atoms with Crippen LogP contribution >= 0.6 is 22.7 Å². The molecule has 0 N–H and O–H groups in total. The van der Waals surface area contributed by atoms with E-state index in [2.05, 4.69) is 194 Å². The zero-order chi connectivity index (χ0) is 37.9. The van der Waals surface area contributed by atoms with Gasteiger partial charge in [-0.3, -0.25) is 0 Å². The lowest BCUT2D eigenvalue weighted by Crippen LogP contribution is -1.91. The first-order valence-corrected chi connectivity index (χ1v) is 21.5. The van der Waals surface area contributed by atoms with Crippen molar-refractivity contribution in [3.8, 4) is 33.4 Å². The van der Waals surface area contributed by atoms with Crippen LogP contribution in [-0.2, 0) is 0 Å². The van der Waals surface area contributed by atoms with E-state index < -0.39 is 0 Å². The predicted octanol–water partition coefficient (Wildman–Crippen LogP) is 17.2. The van der Waals surface area contributed by atoms with Crippen molar-refractivity contribution < 1.29 is 0 Å². The van der Waals surface area contributed by atoms with Crippen LogP contribution in [0.1, 0.15) is 0 Å². The van der Waals surface area contributed by atoms with E-state index in [-0.39, 0.29) is 0 Å². The van der Waals surface area contributed by atoms with Gasteiger partial charge in [-0.25, -0.2) is 0 Å². The van der Waals surface area contributed by atoms with E-state index in [0.29, 0.717) is 0 Å². The van der Waals surface area contributed by atoms with E-state index in [1.54, 1.807) is 0 Å². The van der Waals surface area contributed by atoms with E-state index in [9.17, 15) is 0 Å². The highest BCUT2D eigenvalue weighted by atomic mass is 32.1. The van der Waals surface area contributed by atoms with Crippen molar-refractivity contribution in [3.63, 3.8) is 0 Å². The molecule has 0 saturated heterocycles. The Hall–Kier alpha value is -6.84. The number of rotatable bonds is 3. The number of benzene rings is 11. The van der Waals surface area contributed by atoms with Crippen LogP contribution in [0.15, 0.2) is 194 Å². The standard InChI is InChI=1S/C56H32S2/c1-2-10-34-28-40(21-17-33(34)9-1)54-42-11-3-5-13-44(42)55(45-14-6-4-12-43(45)54)41-22-20-35-27-36(18-19-37(35)29-41)38-23-25-51-48(30-38)49-31-39-24-26-52-56(47(39)32-53(49)58-51)46-15-7-8-16-50(46)57-52/h1-32H. The van der Waals surface area contributed by atoms with E-state index in [1.165, 1.54) is 128 Å². The van der Waals surface area contributed by atoms with Crippen molar-refractivity contribution in [1.82, 2.24) is 0 Å². The first-order chi connectivity index (χ1) is 28.7. The van der Waals surface area contributed by atoms with E-state index >= 15 is 0 Å². The summed E-state index contributed by atoms with van der Waals surface area (Å²) in [5.74, 6) is 0. The topological polar surface area (TPSA) is 0 Å². The van der Waals surface area contributed by atoms with Crippen molar-refractivity contribution in [3.05, 3.63) is 194 Å². The summed E-state index contributed by atoms with van der Waals surface area (Å²) in [4.78, 5) is 0. The Labute approximate surface area is 342 Å². The van der Waals surface area contributed by atoms with Crippen LogP contribution in [0.2, 0.25) is 0 Å². The van der Waals surface area contributed by atoms with Crippen LogP contribution in [0, 0.1) is 0 Å². The summed E-state index contributed by atoms with van der Waals surface area (Å²) in [6, 6.07) is 72.7. The van der Waals surface area contributed by atoms with Gasteiger partial charge in [-0.2, -0.15) is 0 Å². The Bertz CT molecular complexity index is 3800. The fourth-order valence-electron chi connectivity index (χ4n) is 9.67. The van der Waals surface area contributed by atoms with Gasteiger partial charge in [0.2, 0.25) is 0 Å². The molecule has 11 aromatic carbocycles. The summed E-state index contributed by atoms with van der Waals surface area (Å²) in [5, 5.41) is 18.2. The van der Waals surface area contributed by atoms with Crippen LogP contribution in [0.25, 0.3) is 128 Å². The van der Waals surface area contributed by atoms with Crippen molar-refractivity contribution in [2.45, 2.75) is 0 Å². The minimum absolute atomic E-state index is 1.24. The molecule has 13 rings (SSSR count). The SMILES string of the molecule is c1ccc2cc(-c3c4ccccc4c(-c4ccc5cc(-c6ccc7sc8cc9c(ccc%10sc%11ccccc%11c%109)cc8c7c6)ccc5c4)c4ccccc34)ccc2c1. The predicted molar refractivity (Wildman–Crippen MR) is 256 cm³/mol. The third-order valence-corrected chi connectivity index (χ3v) is 14.6. The summed E-state index contributed by atoms with van der Waals surface area (Å²) in [7, 11) is 0. The third kappa shape index (κ3) is 4.80. The quantitative estimate of drug-likeness (QED) is 0.157. The van der Waals surface area contributed by atoms with Gasteiger partial charge in [0, 0.05) is 40.3 Å². The van der Waals surface area contributed by atoms with Crippen LogP contribution < -0.4 is 0 Å². The molecule has 0 fully saturated rings. The Morgan fingerprint density at radius 2 is 0.672 bits per heavy atom. The van der Waals surface area contributed by atoms with Gasteiger partial charge in [0.1, 0.15) is 0 Å². The summed E-state index contributed by atoms with van der Waals surface area (Å²) in [5.41, 5.74) is 7.56. The second kappa shape index (κ2) is 12.3. The molecule has 2 heterocycles. The summed E-state index contributed by atoms with van der Waals surface area (Å²) >= 11 is 3.79. The number of thiophene rings is 2. The molecule has 0 aliphatic heterocycles. The first-order valence-electron chi connectivity index (χ1n) is 19.9. The van der Waals surface area contributed by atoms with Crippen LogP contribution in [0.4, 0.5) is 0 Å². The molecule has 0 atom stereocenters. The summed E-state index contributed by atoms with van der Waals surface area (Å²) < 4.78 is 5.39. The molecule has 58 heavy (non-hydrogen) atoms. The highest BCUT2D eigenvalue weighted by molar-refractivity contribution is 7.26. The van der Waals surface area contributed by atoms with E-state index in [1.807, 2.05) is 22.7 Å². The highest BCUT2D eigenvalue weighted by Crippen LogP contribution is 2.46. The second-order valence-corrected chi connectivity index (χ2v) is 17.8. The highest BCUT2D eigenvalue weighted by Gasteiger charge is 2.18. The molecule has 0 saturated carbocycles. The Balaban J connectivity index is 0.926. The lowest BCUT2D eigenvalue weighted by Gasteiger charge is -2.18. The van der Waals surface area contributed by atoms with E-state index in [4.69, 9.17) is 0 Å². The third-order valence-electron chi connectivity index (χ3n) is 12.4. The smallest absolute Gasteiger partial charge is 0.0362 e. The molecule has 0 spiro atoms. The lowest BCUT2D eigenvalue weighted by molar-refractivity contribution is 1.67. The molecule has 2 aromatic heterocycles. The van der Waals surface area contributed by atoms with Gasteiger partial charge < -0.3 is 0 Å². The van der Waals surface area contributed by atoms with Crippen molar-refractivity contribution in [1.29, 1.82) is 0 Å².